The van der Waals surface area contributed by atoms with Crippen LogP contribution >= 0.6 is 11.8 Å². The second kappa shape index (κ2) is 6.30. The van der Waals surface area contributed by atoms with Gasteiger partial charge in [0.25, 0.3) is 5.56 Å². The normalized spacial score (nSPS) is 22.8. The Kier molecular flexibility index (Phi) is 4.69. The number of rotatable bonds is 4. The molecule has 2 unspecified atom stereocenters. The first kappa shape index (κ1) is 14.9. The monoisotopic (exact) mass is 297 g/mol. The minimum absolute atomic E-state index is 0.104. The summed E-state index contributed by atoms with van der Waals surface area (Å²) in [6.45, 7) is 4.28. The second-order valence-electron chi connectivity index (χ2n) is 5.08. The van der Waals surface area contributed by atoms with Gasteiger partial charge in [0, 0.05) is 24.3 Å². The Morgan fingerprint density at radius 3 is 2.70 bits per heavy atom. The predicted octanol–water partition coefficient (Wildman–Crippen LogP) is 1.32. The van der Waals surface area contributed by atoms with Crippen molar-refractivity contribution in [2.24, 2.45) is 0 Å². The van der Waals surface area contributed by atoms with Crippen molar-refractivity contribution < 1.29 is 9.90 Å². The van der Waals surface area contributed by atoms with Gasteiger partial charge in [0.05, 0.1) is 5.75 Å². The second-order valence-corrected chi connectivity index (χ2v) is 6.03. The number of hydrogen-bond acceptors (Lipinski definition) is 5. The lowest BCUT2D eigenvalue weighted by Gasteiger charge is -2.42. The smallest absolute Gasteiger partial charge is 0.313 e. The zero-order valence-corrected chi connectivity index (χ0v) is 12.5. The highest BCUT2D eigenvalue weighted by molar-refractivity contribution is 7.99. The van der Waals surface area contributed by atoms with Crippen molar-refractivity contribution >= 4 is 17.7 Å². The summed E-state index contributed by atoms with van der Waals surface area (Å²) in [5.74, 6) is -1.02. The highest BCUT2D eigenvalue weighted by atomic mass is 32.2. The van der Waals surface area contributed by atoms with Crippen LogP contribution in [0.4, 0.5) is 0 Å². The summed E-state index contributed by atoms with van der Waals surface area (Å²) in [4.78, 5) is 26.1. The highest BCUT2D eigenvalue weighted by Crippen LogP contribution is 2.24. The molecular formula is C13H19N3O3S. The Bertz CT molecular complexity index is 536. The summed E-state index contributed by atoms with van der Waals surface area (Å²) < 4.78 is 1.84. The average molecular weight is 297 g/mol. The summed E-state index contributed by atoms with van der Waals surface area (Å²) in [5.41, 5.74) is -0.341. The predicted molar refractivity (Wildman–Crippen MR) is 77.8 cm³/mol. The third kappa shape index (κ3) is 3.33. The fourth-order valence-electron chi connectivity index (χ4n) is 2.61. The van der Waals surface area contributed by atoms with Crippen LogP contribution in [-0.4, -0.2) is 38.6 Å². The zero-order chi connectivity index (χ0) is 14.7. The van der Waals surface area contributed by atoms with Crippen LogP contribution < -0.4 is 10.6 Å². The standard InChI is InChI=1S/C13H19N3O3S/c1-9-4-3-5-10(2)16(9)15-7-6-11(17)14-13(15)20-8-12(18)19/h6-7,9-10H,3-5,8H2,1-2H3,(H,18,19). The van der Waals surface area contributed by atoms with Crippen LogP contribution in [0.15, 0.2) is 22.2 Å². The van der Waals surface area contributed by atoms with Gasteiger partial charge in [0.2, 0.25) is 0 Å². The molecule has 0 radical (unpaired) electrons. The van der Waals surface area contributed by atoms with Gasteiger partial charge in [-0.1, -0.05) is 11.8 Å². The summed E-state index contributed by atoms with van der Waals surface area (Å²) >= 11 is 1.08. The van der Waals surface area contributed by atoms with Gasteiger partial charge in [-0.2, -0.15) is 4.98 Å². The SMILES string of the molecule is CC1CCCC(C)N1n1ccc(=O)nc1SCC(=O)O. The van der Waals surface area contributed by atoms with E-state index in [4.69, 9.17) is 5.11 Å². The molecule has 0 bridgehead atoms. The third-order valence-electron chi connectivity index (χ3n) is 3.48. The maximum Gasteiger partial charge on any atom is 0.313 e. The van der Waals surface area contributed by atoms with E-state index < -0.39 is 5.97 Å². The summed E-state index contributed by atoms with van der Waals surface area (Å²) in [7, 11) is 0. The zero-order valence-electron chi connectivity index (χ0n) is 11.7. The van der Waals surface area contributed by atoms with Gasteiger partial charge in [-0.05, 0) is 33.1 Å². The first-order chi connectivity index (χ1) is 9.49. The van der Waals surface area contributed by atoms with Crippen molar-refractivity contribution in [3.05, 3.63) is 22.6 Å². The van der Waals surface area contributed by atoms with E-state index in [1.165, 1.54) is 12.5 Å². The quantitative estimate of drug-likeness (QED) is 0.667. The number of carboxylic acids is 1. The molecule has 1 aliphatic rings. The van der Waals surface area contributed by atoms with Crippen LogP contribution in [0.25, 0.3) is 0 Å². The molecule has 110 valence electrons. The molecule has 7 heteroatoms. The van der Waals surface area contributed by atoms with E-state index in [1.807, 2.05) is 4.68 Å². The number of carboxylic acid groups (broad SMARTS) is 1. The molecule has 1 aliphatic heterocycles. The molecule has 2 heterocycles. The van der Waals surface area contributed by atoms with Crippen molar-refractivity contribution in [2.45, 2.75) is 50.4 Å². The van der Waals surface area contributed by atoms with Crippen LogP contribution in [0.2, 0.25) is 0 Å². The molecule has 1 fully saturated rings. The first-order valence-electron chi connectivity index (χ1n) is 6.72. The van der Waals surface area contributed by atoms with Crippen molar-refractivity contribution in [3.63, 3.8) is 0 Å². The molecule has 1 aromatic rings. The number of carbonyl (C=O) groups is 1. The largest absolute Gasteiger partial charge is 0.481 e. The van der Waals surface area contributed by atoms with Crippen LogP contribution in [0, 0.1) is 0 Å². The van der Waals surface area contributed by atoms with Crippen molar-refractivity contribution in [1.82, 2.24) is 9.66 Å². The lowest BCUT2D eigenvalue weighted by atomic mass is 10.00. The molecule has 1 saturated heterocycles. The molecule has 1 N–H and O–H groups in total. The summed E-state index contributed by atoms with van der Waals surface area (Å²) in [5, 5.41) is 11.4. The molecule has 0 saturated carbocycles. The Hall–Kier alpha value is -1.50. The van der Waals surface area contributed by atoms with E-state index in [9.17, 15) is 9.59 Å². The van der Waals surface area contributed by atoms with Gasteiger partial charge in [-0.3, -0.25) is 9.59 Å². The molecule has 0 amide bonds. The van der Waals surface area contributed by atoms with Gasteiger partial charge < -0.3 is 10.1 Å². The fourth-order valence-corrected chi connectivity index (χ4v) is 3.31. The number of thioether (sulfide) groups is 1. The lowest BCUT2D eigenvalue weighted by molar-refractivity contribution is -0.133. The van der Waals surface area contributed by atoms with E-state index in [0.29, 0.717) is 17.2 Å². The van der Waals surface area contributed by atoms with E-state index in [1.54, 1.807) is 6.20 Å². The molecule has 0 aromatic carbocycles. The Morgan fingerprint density at radius 2 is 2.10 bits per heavy atom. The topological polar surface area (TPSA) is 75.4 Å². The van der Waals surface area contributed by atoms with E-state index in [0.717, 1.165) is 24.6 Å². The van der Waals surface area contributed by atoms with E-state index in [2.05, 4.69) is 23.8 Å². The van der Waals surface area contributed by atoms with Crippen LogP contribution in [-0.2, 0) is 4.79 Å². The maximum absolute atomic E-state index is 11.4. The summed E-state index contributed by atoms with van der Waals surface area (Å²) in [6, 6.07) is 2.10. The van der Waals surface area contributed by atoms with Gasteiger partial charge in [-0.25, -0.2) is 4.68 Å². The van der Waals surface area contributed by atoms with Crippen molar-refractivity contribution in [1.29, 1.82) is 0 Å². The molecule has 2 atom stereocenters. The molecule has 1 aromatic heterocycles. The first-order valence-corrected chi connectivity index (χ1v) is 7.70. The van der Waals surface area contributed by atoms with Gasteiger partial charge in [0.1, 0.15) is 0 Å². The maximum atomic E-state index is 11.4. The van der Waals surface area contributed by atoms with Crippen molar-refractivity contribution in [2.75, 3.05) is 10.8 Å². The third-order valence-corrected chi connectivity index (χ3v) is 4.41. The van der Waals surface area contributed by atoms with Gasteiger partial charge in [0.15, 0.2) is 5.16 Å². The number of aliphatic carboxylic acids is 1. The number of aromatic nitrogens is 2. The van der Waals surface area contributed by atoms with Crippen LogP contribution in [0.1, 0.15) is 33.1 Å². The Labute approximate surface area is 121 Å². The Balaban J connectivity index is 2.33. The van der Waals surface area contributed by atoms with Crippen LogP contribution in [0.3, 0.4) is 0 Å². The van der Waals surface area contributed by atoms with Gasteiger partial charge in [-0.15, -0.1) is 0 Å². The van der Waals surface area contributed by atoms with E-state index >= 15 is 0 Å². The molecule has 20 heavy (non-hydrogen) atoms. The number of piperidine rings is 1. The molecular weight excluding hydrogens is 278 g/mol. The molecule has 0 aliphatic carbocycles. The van der Waals surface area contributed by atoms with E-state index in [-0.39, 0.29) is 11.3 Å². The van der Waals surface area contributed by atoms with Crippen molar-refractivity contribution in [3.8, 4) is 0 Å². The number of nitrogens with zero attached hydrogens (tertiary/aromatic N) is 3. The number of hydrogen-bond donors (Lipinski definition) is 1. The highest BCUT2D eigenvalue weighted by Gasteiger charge is 2.26. The van der Waals surface area contributed by atoms with Crippen LogP contribution in [0.5, 0.6) is 0 Å². The fraction of sp³-hybridized carbons (Fsp3) is 0.615. The molecule has 2 rings (SSSR count). The Morgan fingerprint density at radius 1 is 1.45 bits per heavy atom. The van der Waals surface area contributed by atoms with Gasteiger partial charge >= 0.3 is 5.97 Å². The minimum Gasteiger partial charge on any atom is -0.481 e. The average Bonchev–Trinajstić information content (AvgIpc) is 2.38. The minimum atomic E-state index is -0.917. The lowest BCUT2D eigenvalue weighted by Crippen LogP contribution is -2.51. The molecule has 6 nitrogen and oxygen atoms in total. The molecule has 0 spiro atoms. The summed E-state index contributed by atoms with van der Waals surface area (Å²) in [6.07, 6.45) is 5.04.